The molecule has 1 fully saturated rings. The molecule has 0 spiro atoms. The number of rotatable bonds is 2. The van der Waals surface area contributed by atoms with Crippen LogP contribution in [-0.4, -0.2) is 47.8 Å². The van der Waals surface area contributed by atoms with Gasteiger partial charge in [0.1, 0.15) is 12.4 Å². The topological polar surface area (TPSA) is 88.1 Å². The van der Waals surface area contributed by atoms with E-state index in [4.69, 9.17) is 14.7 Å². The minimum absolute atomic E-state index is 0. The van der Waals surface area contributed by atoms with Crippen LogP contribution >= 0.6 is 13.5 Å². The van der Waals surface area contributed by atoms with E-state index in [9.17, 15) is 9.59 Å². The van der Waals surface area contributed by atoms with Gasteiger partial charge in [0.2, 0.25) is 5.91 Å². The molecule has 0 aliphatic carbocycles. The molecule has 138 valence electrons. The van der Waals surface area contributed by atoms with Crippen LogP contribution in [0.1, 0.15) is 36.2 Å². The molecule has 2 aliphatic heterocycles. The van der Waals surface area contributed by atoms with Crippen molar-refractivity contribution in [3.05, 3.63) is 29.3 Å². The fraction of sp³-hybridized carbons (Fsp3) is 0.529. The van der Waals surface area contributed by atoms with Crippen molar-refractivity contribution in [1.82, 2.24) is 10.4 Å². The van der Waals surface area contributed by atoms with Crippen molar-refractivity contribution in [3.8, 4) is 5.75 Å². The number of carbonyl (C=O) groups excluding carboxylic acids is 2. The lowest BCUT2D eigenvalue weighted by molar-refractivity contribution is -0.144. The average molecular weight is 368 g/mol. The van der Waals surface area contributed by atoms with E-state index in [2.05, 4.69) is 0 Å². The molecular formula is C17H24N2O5S. The predicted molar refractivity (Wildman–Crippen MR) is 95.1 cm³/mol. The molecule has 2 atom stereocenters. The summed E-state index contributed by atoms with van der Waals surface area (Å²) in [5.74, 6) is 0.0365. The van der Waals surface area contributed by atoms with E-state index in [1.165, 1.54) is 0 Å². The highest BCUT2D eigenvalue weighted by Gasteiger charge is 2.42. The number of fused-ring (bicyclic) bond motifs is 1. The molecule has 0 aromatic heterocycles. The van der Waals surface area contributed by atoms with Gasteiger partial charge in [-0.3, -0.25) is 14.8 Å². The molecular weight excluding hydrogens is 344 g/mol. The SMILES string of the molecule is C[C@H]1COc2cc(C(=O)NO)ccc2CN1C(=O)C1(C)CCOC1.S. The Morgan fingerprint density at radius 3 is 2.80 bits per heavy atom. The van der Waals surface area contributed by atoms with E-state index in [0.717, 1.165) is 12.0 Å². The van der Waals surface area contributed by atoms with Crippen molar-refractivity contribution in [2.45, 2.75) is 32.9 Å². The van der Waals surface area contributed by atoms with Crippen LogP contribution in [0.2, 0.25) is 0 Å². The Hall–Kier alpha value is -1.77. The van der Waals surface area contributed by atoms with Crippen molar-refractivity contribution < 1.29 is 24.3 Å². The van der Waals surface area contributed by atoms with Crippen LogP contribution in [-0.2, 0) is 16.1 Å². The van der Waals surface area contributed by atoms with Crippen molar-refractivity contribution in [3.63, 3.8) is 0 Å². The fourth-order valence-electron chi connectivity index (χ4n) is 3.12. The number of amides is 2. The molecule has 7 nitrogen and oxygen atoms in total. The molecule has 1 unspecified atom stereocenters. The van der Waals surface area contributed by atoms with Crippen molar-refractivity contribution in [2.24, 2.45) is 5.41 Å². The van der Waals surface area contributed by atoms with Crippen LogP contribution in [0.25, 0.3) is 0 Å². The van der Waals surface area contributed by atoms with Gasteiger partial charge in [0.25, 0.3) is 5.91 Å². The van der Waals surface area contributed by atoms with Crippen LogP contribution in [0.5, 0.6) is 5.75 Å². The number of hydrogen-bond acceptors (Lipinski definition) is 5. The highest BCUT2D eigenvalue weighted by Crippen LogP contribution is 2.34. The third-order valence-corrected chi connectivity index (χ3v) is 4.78. The third kappa shape index (κ3) is 3.75. The number of hydrogen-bond donors (Lipinski definition) is 2. The van der Waals surface area contributed by atoms with Crippen LogP contribution in [0.3, 0.4) is 0 Å². The van der Waals surface area contributed by atoms with E-state index >= 15 is 0 Å². The molecule has 2 heterocycles. The molecule has 1 saturated heterocycles. The maximum atomic E-state index is 13.0. The Labute approximate surface area is 153 Å². The molecule has 0 bridgehead atoms. The van der Waals surface area contributed by atoms with Gasteiger partial charge >= 0.3 is 0 Å². The van der Waals surface area contributed by atoms with E-state index in [1.54, 1.807) is 23.7 Å². The van der Waals surface area contributed by atoms with Crippen molar-refractivity contribution in [2.75, 3.05) is 19.8 Å². The Kier molecular flexibility index (Phi) is 5.97. The van der Waals surface area contributed by atoms with Gasteiger partial charge in [-0.2, -0.15) is 13.5 Å². The van der Waals surface area contributed by atoms with Crippen molar-refractivity contribution >= 4 is 25.3 Å². The highest BCUT2D eigenvalue weighted by atomic mass is 32.1. The summed E-state index contributed by atoms with van der Waals surface area (Å²) in [6.45, 7) is 5.71. The molecule has 2 aliphatic rings. The van der Waals surface area contributed by atoms with Crippen LogP contribution in [0.15, 0.2) is 18.2 Å². The number of benzene rings is 1. The standard InChI is InChI=1S/C17H22N2O5.H2S/c1-11-9-24-14-7-12(15(20)18-22)3-4-13(14)8-19(11)16(21)17(2)5-6-23-10-17;/h3-4,7,11,22H,5-6,8-10H2,1-2H3,(H,18,20);1H2/t11-,17?;/m0./s1. The highest BCUT2D eigenvalue weighted by molar-refractivity contribution is 7.59. The second kappa shape index (κ2) is 7.63. The minimum Gasteiger partial charge on any atom is -0.491 e. The lowest BCUT2D eigenvalue weighted by Gasteiger charge is -2.33. The summed E-state index contributed by atoms with van der Waals surface area (Å²) < 4.78 is 11.2. The molecule has 0 radical (unpaired) electrons. The van der Waals surface area contributed by atoms with Gasteiger partial charge in [0.15, 0.2) is 0 Å². The van der Waals surface area contributed by atoms with Crippen LogP contribution < -0.4 is 10.2 Å². The largest absolute Gasteiger partial charge is 0.491 e. The monoisotopic (exact) mass is 368 g/mol. The van der Waals surface area contributed by atoms with Gasteiger partial charge in [-0.05, 0) is 32.4 Å². The first kappa shape index (κ1) is 19.6. The molecule has 1 aromatic rings. The zero-order valence-corrected chi connectivity index (χ0v) is 15.4. The fourth-order valence-corrected chi connectivity index (χ4v) is 3.12. The molecule has 1 aromatic carbocycles. The summed E-state index contributed by atoms with van der Waals surface area (Å²) >= 11 is 0. The first-order valence-corrected chi connectivity index (χ1v) is 8.03. The van der Waals surface area contributed by atoms with E-state index in [0.29, 0.717) is 37.7 Å². The number of nitrogens with one attached hydrogen (secondary N) is 1. The average Bonchev–Trinajstić information content (AvgIpc) is 2.97. The molecule has 0 saturated carbocycles. The molecule has 8 heteroatoms. The van der Waals surface area contributed by atoms with Gasteiger partial charge in [-0.15, -0.1) is 0 Å². The van der Waals surface area contributed by atoms with Gasteiger partial charge in [0.05, 0.1) is 18.1 Å². The Bertz CT molecular complexity index is 660. The van der Waals surface area contributed by atoms with E-state index in [-0.39, 0.29) is 25.4 Å². The molecule has 25 heavy (non-hydrogen) atoms. The summed E-state index contributed by atoms with van der Waals surface area (Å²) in [4.78, 5) is 26.4. The summed E-state index contributed by atoms with van der Waals surface area (Å²) in [6, 6.07) is 4.86. The second-order valence-electron chi connectivity index (χ2n) is 6.72. The zero-order valence-electron chi connectivity index (χ0n) is 14.4. The Balaban J connectivity index is 0.00000225. The first-order valence-electron chi connectivity index (χ1n) is 8.03. The van der Waals surface area contributed by atoms with Gasteiger partial charge in [-0.25, -0.2) is 5.48 Å². The van der Waals surface area contributed by atoms with Crippen molar-refractivity contribution in [1.29, 1.82) is 0 Å². The number of carbonyl (C=O) groups is 2. The number of ether oxygens (including phenoxy) is 2. The summed E-state index contributed by atoms with van der Waals surface area (Å²) in [6.07, 6.45) is 0.721. The second-order valence-corrected chi connectivity index (χ2v) is 6.72. The Morgan fingerprint density at radius 1 is 1.40 bits per heavy atom. The summed E-state index contributed by atoms with van der Waals surface area (Å²) in [5, 5.41) is 8.75. The normalized spacial score (nSPS) is 25.2. The predicted octanol–water partition coefficient (Wildman–Crippen LogP) is 1.45. The van der Waals surface area contributed by atoms with Crippen LogP contribution in [0.4, 0.5) is 0 Å². The van der Waals surface area contributed by atoms with Gasteiger partial charge in [0, 0.05) is 24.3 Å². The summed E-state index contributed by atoms with van der Waals surface area (Å²) in [5.41, 5.74) is 2.26. The maximum Gasteiger partial charge on any atom is 0.274 e. The molecule has 2 amide bonds. The Morgan fingerprint density at radius 2 is 2.16 bits per heavy atom. The lowest BCUT2D eigenvalue weighted by Crippen LogP contribution is -2.47. The van der Waals surface area contributed by atoms with Gasteiger partial charge in [-0.1, -0.05) is 6.07 Å². The zero-order chi connectivity index (χ0) is 17.3. The molecule has 2 N–H and O–H groups in total. The lowest BCUT2D eigenvalue weighted by atomic mass is 9.87. The summed E-state index contributed by atoms with van der Waals surface area (Å²) in [7, 11) is 0. The first-order chi connectivity index (χ1) is 11.4. The number of nitrogens with zero attached hydrogens (tertiary/aromatic N) is 1. The maximum absolute atomic E-state index is 13.0. The van der Waals surface area contributed by atoms with E-state index in [1.807, 2.05) is 18.7 Å². The third-order valence-electron chi connectivity index (χ3n) is 4.78. The van der Waals surface area contributed by atoms with Crippen LogP contribution in [0, 0.1) is 5.41 Å². The van der Waals surface area contributed by atoms with E-state index < -0.39 is 11.3 Å². The van der Waals surface area contributed by atoms with Gasteiger partial charge < -0.3 is 14.4 Å². The molecule has 3 rings (SSSR count). The smallest absolute Gasteiger partial charge is 0.274 e. The quantitative estimate of drug-likeness (QED) is 0.609. The minimum atomic E-state index is -0.595. The number of hydroxylamine groups is 1.